The third-order valence-electron chi connectivity index (χ3n) is 9.76. The first-order valence-corrected chi connectivity index (χ1v) is 11.0. The normalized spacial score (nSPS) is 44.8. The molecule has 7 atom stereocenters. The number of aliphatic hydroxyl groups is 1. The number of rotatable bonds is 1. The van der Waals surface area contributed by atoms with Crippen LogP contribution < -0.4 is 4.74 Å². The van der Waals surface area contributed by atoms with Crippen molar-refractivity contribution in [2.45, 2.75) is 70.1 Å². The lowest BCUT2D eigenvalue weighted by molar-refractivity contribution is -0.194. The number of fused-ring (bicyclic) bond motifs is 1. The quantitative estimate of drug-likeness (QED) is 0.751. The topological polar surface area (TPSA) is 32.7 Å². The van der Waals surface area contributed by atoms with Gasteiger partial charge in [0.2, 0.25) is 0 Å². The Kier molecular flexibility index (Phi) is 3.05. The lowest BCUT2D eigenvalue weighted by Gasteiger charge is -2.70. The lowest BCUT2D eigenvalue weighted by Crippen LogP contribution is -2.75. The lowest BCUT2D eigenvalue weighted by atomic mass is 9.36. The first-order valence-electron chi connectivity index (χ1n) is 11.0. The van der Waals surface area contributed by atoms with Gasteiger partial charge in [0, 0.05) is 28.4 Å². The Morgan fingerprint density at radius 2 is 2.00 bits per heavy atom. The summed E-state index contributed by atoms with van der Waals surface area (Å²) in [6.45, 7) is 9.76. The van der Waals surface area contributed by atoms with E-state index in [1.165, 1.54) is 17.5 Å². The molecule has 7 rings (SSSR count). The summed E-state index contributed by atoms with van der Waals surface area (Å²) in [5.41, 5.74) is 2.29. The van der Waals surface area contributed by atoms with Crippen LogP contribution in [0.4, 0.5) is 0 Å². The fraction of sp³-hybridized carbons (Fsp3) is 0.680. The van der Waals surface area contributed by atoms with E-state index in [9.17, 15) is 5.11 Å². The molecule has 3 nitrogen and oxygen atoms in total. The van der Waals surface area contributed by atoms with E-state index in [0.29, 0.717) is 6.04 Å². The second-order valence-electron chi connectivity index (χ2n) is 11.4. The maximum atomic E-state index is 11.8. The van der Waals surface area contributed by atoms with Crippen LogP contribution in [0.25, 0.3) is 0 Å². The highest BCUT2D eigenvalue weighted by Gasteiger charge is 2.75. The van der Waals surface area contributed by atoms with Crippen molar-refractivity contribution in [1.82, 2.24) is 4.90 Å². The molecule has 0 aromatic heterocycles. The summed E-state index contributed by atoms with van der Waals surface area (Å²) < 4.78 is 6.80. The molecule has 2 fully saturated rings. The molecular formula is C25H33NO2. The number of hydrogen-bond donors (Lipinski definition) is 1. The van der Waals surface area contributed by atoms with Crippen LogP contribution in [0.1, 0.15) is 51.7 Å². The van der Waals surface area contributed by atoms with E-state index < -0.39 is 5.60 Å². The van der Waals surface area contributed by atoms with Gasteiger partial charge in [0.05, 0.1) is 5.60 Å². The standard InChI is InChI=1S/C25H33NO2/c1-22(2,3)23(4,27)17-14-24-10-9-16(17)21-25(24)11-12-26(5)19(24)13-15-7-6-8-18(28-21)20(15)25/h6-10,16-17,19,21,27H,11-14H2,1-5H3/t16?,17?,19-,21+,23?,24?,25+/m1/s1. The molecule has 1 N–H and O–H groups in total. The summed E-state index contributed by atoms with van der Waals surface area (Å²) in [5, 5.41) is 11.8. The van der Waals surface area contributed by atoms with E-state index in [2.05, 4.69) is 70.0 Å². The van der Waals surface area contributed by atoms with Crippen LogP contribution in [0.15, 0.2) is 30.4 Å². The van der Waals surface area contributed by atoms with Crippen molar-refractivity contribution in [1.29, 1.82) is 0 Å². The summed E-state index contributed by atoms with van der Waals surface area (Å²) in [6.07, 6.45) is 8.49. The fourth-order valence-electron chi connectivity index (χ4n) is 7.89. The molecule has 2 spiro atoms. The van der Waals surface area contributed by atoms with Crippen molar-refractivity contribution < 1.29 is 9.84 Å². The number of hydrogen-bond acceptors (Lipinski definition) is 3. The average molecular weight is 380 g/mol. The van der Waals surface area contributed by atoms with Crippen LogP contribution in [-0.4, -0.2) is 41.3 Å². The zero-order valence-electron chi connectivity index (χ0n) is 17.8. The summed E-state index contributed by atoms with van der Waals surface area (Å²) in [6, 6.07) is 7.19. The average Bonchev–Trinajstić information content (AvgIpc) is 2.99. The summed E-state index contributed by atoms with van der Waals surface area (Å²) in [7, 11) is 2.30. The summed E-state index contributed by atoms with van der Waals surface area (Å²) >= 11 is 0. The second kappa shape index (κ2) is 4.87. The van der Waals surface area contributed by atoms with E-state index in [0.717, 1.165) is 25.1 Å². The first-order chi connectivity index (χ1) is 13.1. The molecular weight excluding hydrogens is 346 g/mol. The Bertz CT molecular complexity index is 896. The van der Waals surface area contributed by atoms with Crippen LogP contribution in [0, 0.1) is 22.7 Å². The highest BCUT2D eigenvalue weighted by atomic mass is 16.5. The third-order valence-corrected chi connectivity index (χ3v) is 9.76. The highest BCUT2D eigenvalue weighted by molar-refractivity contribution is 5.59. The van der Waals surface area contributed by atoms with Gasteiger partial charge < -0.3 is 14.7 Å². The molecule has 1 saturated carbocycles. The Labute approximate surface area is 168 Å². The Morgan fingerprint density at radius 3 is 2.75 bits per heavy atom. The minimum absolute atomic E-state index is 0.0684. The first kappa shape index (κ1) is 17.5. The van der Waals surface area contributed by atoms with Crippen molar-refractivity contribution in [3.05, 3.63) is 41.5 Å². The van der Waals surface area contributed by atoms with Crippen molar-refractivity contribution in [2.75, 3.05) is 13.6 Å². The molecule has 0 amide bonds. The van der Waals surface area contributed by atoms with E-state index in [-0.39, 0.29) is 34.2 Å². The molecule has 2 aliphatic heterocycles. The van der Waals surface area contributed by atoms with Gasteiger partial charge in [-0.1, -0.05) is 45.1 Å². The smallest absolute Gasteiger partial charge is 0.124 e. The minimum Gasteiger partial charge on any atom is -0.489 e. The molecule has 3 heteroatoms. The fourth-order valence-corrected chi connectivity index (χ4v) is 7.89. The van der Waals surface area contributed by atoms with E-state index in [4.69, 9.17) is 4.74 Å². The van der Waals surface area contributed by atoms with Crippen LogP contribution in [-0.2, 0) is 11.8 Å². The second-order valence-corrected chi connectivity index (χ2v) is 11.4. The van der Waals surface area contributed by atoms with E-state index >= 15 is 0 Å². The summed E-state index contributed by atoms with van der Waals surface area (Å²) in [4.78, 5) is 2.59. The van der Waals surface area contributed by atoms with Gasteiger partial charge in [-0.3, -0.25) is 0 Å². The SMILES string of the molecule is CN1CC[C@]23c4c5cccc4O[C@H]2C2C=CC3(CC2C(C)(O)C(C)(C)C)[C@H]1C5. The maximum Gasteiger partial charge on any atom is 0.124 e. The molecule has 28 heavy (non-hydrogen) atoms. The molecule has 1 aromatic rings. The largest absolute Gasteiger partial charge is 0.489 e. The zero-order chi connectivity index (χ0) is 19.7. The van der Waals surface area contributed by atoms with Gasteiger partial charge in [0.15, 0.2) is 0 Å². The number of likely N-dealkylation sites (N-methyl/N-ethyl adjacent to an activating group) is 1. The molecule has 4 aliphatic carbocycles. The van der Waals surface area contributed by atoms with Crippen LogP contribution in [0.5, 0.6) is 5.75 Å². The maximum absolute atomic E-state index is 11.8. The van der Waals surface area contributed by atoms with Crippen LogP contribution in [0.2, 0.25) is 0 Å². The van der Waals surface area contributed by atoms with E-state index in [1.54, 1.807) is 0 Å². The van der Waals surface area contributed by atoms with E-state index in [1.807, 2.05) is 0 Å². The number of likely N-dealkylation sites (tertiary alicyclic amines) is 1. The number of benzene rings is 1. The molecule has 2 heterocycles. The molecule has 1 saturated heterocycles. The van der Waals surface area contributed by atoms with Gasteiger partial charge in [-0.25, -0.2) is 0 Å². The zero-order valence-corrected chi connectivity index (χ0v) is 17.8. The molecule has 150 valence electrons. The minimum atomic E-state index is -0.734. The van der Waals surface area contributed by atoms with Crippen molar-refractivity contribution >= 4 is 0 Å². The molecule has 6 aliphatic rings. The van der Waals surface area contributed by atoms with Gasteiger partial charge in [-0.05, 0) is 62.7 Å². The van der Waals surface area contributed by atoms with Gasteiger partial charge in [-0.2, -0.15) is 0 Å². The van der Waals surface area contributed by atoms with Crippen molar-refractivity contribution in [3.63, 3.8) is 0 Å². The Morgan fingerprint density at radius 1 is 1.21 bits per heavy atom. The monoisotopic (exact) mass is 379 g/mol. The number of ether oxygens (including phenoxy) is 1. The van der Waals surface area contributed by atoms with Crippen molar-refractivity contribution in [2.24, 2.45) is 22.7 Å². The number of piperidine rings is 1. The highest BCUT2D eigenvalue weighted by Crippen LogP contribution is 2.73. The molecule has 0 radical (unpaired) electrons. The molecule has 4 bridgehead atoms. The predicted molar refractivity (Wildman–Crippen MR) is 111 cm³/mol. The summed E-state index contributed by atoms with van der Waals surface area (Å²) in [5.74, 6) is 1.62. The molecule has 1 aromatic carbocycles. The van der Waals surface area contributed by atoms with Gasteiger partial charge in [-0.15, -0.1) is 0 Å². The van der Waals surface area contributed by atoms with Gasteiger partial charge in [0.1, 0.15) is 11.9 Å². The Hall–Kier alpha value is -1.32. The van der Waals surface area contributed by atoms with Gasteiger partial charge >= 0.3 is 0 Å². The van der Waals surface area contributed by atoms with Crippen LogP contribution >= 0.6 is 0 Å². The third kappa shape index (κ3) is 1.65. The van der Waals surface area contributed by atoms with Crippen LogP contribution in [0.3, 0.4) is 0 Å². The predicted octanol–water partition coefficient (Wildman–Crippen LogP) is 3.94. The number of nitrogens with zero attached hydrogens (tertiary/aromatic N) is 1. The van der Waals surface area contributed by atoms with Crippen molar-refractivity contribution in [3.8, 4) is 5.75 Å². The van der Waals surface area contributed by atoms with Gasteiger partial charge in [0.25, 0.3) is 0 Å². The molecule has 4 unspecified atom stereocenters. The Balaban J connectivity index is 1.61.